The van der Waals surface area contributed by atoms with E-state index in [0.29, 0.717) is 5.56 Å². The first-order valence-corrected chi connectivity index (χ1v) is 6.59. The molecule has 0 amide bonds. The van der Waals surface area contributed by atoms with Crippen molar-refractivity contribution in [3.05, 3.63) is 29.8 Å². The predicted octanol–water partition coefficient (Wildman–Crippen LogP) is 4.48. The van der Waals surface area contributed by atoms with Crippen LogP contribution in [-0.2, 0) is 6.54 Å². The molecule has 0 spiro atoms. The fourth-order valence-corrected chi connectivity index (χ4v) is 2.31. The Morgan fingerprint density at radius 2 is 1.55 bits per heavy atom. The first kappa shape index (κ1) is 15.5. The Hall–Kier alpha value is -0.890. The summed E-state index contributed by atoms with van der Waals surface area (Å²) in [4.78, 5) is 0.0122. The Morgan fingerprint density at radius 3 is 1.95 bits per heavy atom. The van der Waals surface area contributed by atoms with Crippen LogP contribution >= 0.6 is 11.8 Å². The topological polar surface area (TPSA) is 12.0 Å². The zero-order valence-electron chi connectivity index (χ0n) is 10.1. The van der Waals surface area contributed by atoms with Gasteiger partial charge in [0.1, 0.15) is 5.54 Å². The highest BCUT2D eigenvalue weighted by molar-refractivity contribution is 8.00. The molecule has 8 heteroatoms. The summed E-state index contributed by atoms with van der Waals surface area (Å²) in [5.74, 6) is 0. The van der Waals surface area contributed by atoms with E-state index in [2.05, 4.69) is 5.32 Å². The van der Waals surface area contributed by atoms with Gasteiger partial charge in [-0.25, -0.2) is 0 Å². The fourth-order valence-electron chi connectivity index (χ4n) is 1.77. The van der Waals surface area contributed by atoms with Gasteiger partial charge in [-0.05, 0) is 42.3 Å². The molecule has 1 fully saturated rings. The van der Waals surface area contributed by atoms with E-state index >= 15 is 0 Å². The number of halogens is 6. The van der Waals surface area contributed by atoms with Crippen molar-refractivity contribution in [1.82, 2.24) is 5.32 Å². The number of thioether (sulfide) groups is 1. The summed E-state index contributed by atoms with van der Waals surface area (Å²) in [6.45, 7) is -0.0174. The zero-order valence-corrected chi connectivity index (χ0v) is 10.9. The van der Waals surface area contributed by atoms with Crippen LogP contribution in [0.3, 0.4) is 0 Å². The maximum atomic E-state index is 12.7. The standard InChI is InChI=1S/C12H11F6NS/c13-11(14,15)10(5-6-10)19-7-8-1-3-9(4-2-8)20-12(16,17)18/h1-4,19H,5-7H2. The summed E-state index contributed by atoms with van der Waals surface area (Å²) < 4.78 is 74.3. The van der Waals surface area contributed by atoms with Crippen LogP contribution in [0, 0.1) is 0 Å². The quantitative estimate of drug-likeness (QED) is 0.649. The van der Waals surface area contributed by atoms with Gasteiger partial charge in [-0.3, -0.25) is 5.32 Å². The molecule has 112 valence electrons. The van der Waals surface area contributed by atoms with E-state index in [4.69, 9.17) is 0 Å². The van der Waals surface area contributed by atoms with Crippen molar-refractivity contribution < 1.29 is 26.3 Å². The molecule has 0 atom stereocenters. The minimum absolute atomic E-state index is 0.0122. The van der Waals surface area contributed by atoms with Crippen molar-refractivity contribution in [2.75, 3.05) is 0 Å². The van der Waals surface area contributed by atoms with Gasteiger partial charge in [-0.1, -0.05) is 12.1 Å². The van der Waals surface area contributed by atoms with Gasteiger partial charge in [0.2, 0.25) is 0 Å². The molecular weight excluding hydrogens is 304 g/mol. The number of alkyl halides is 6. The molecule has 1 aromatic rings. The summed E-state index contributed by atoms with van der Waals surface area (Å²) in [5.41, 5.74) is -5.66. The summed E-state index contributed by atoms with van der Waals surface area (Å²) in [6.07, 6.45) is -4.21. The van der Waals surface area contributed by atoms with E-state index in [-0.39, 0.29) is 36.0 Å². The average molecular weight is 315 g/mol. The van der Waals surface area contributed by atoms with Crippen molar-refractivity contribution in [1.29, 1.82) is 0 Å². The van der Waals surface area contributed by atoms with E-state index in [9.17, 15) is 26.3 Å². The van der Waals surface area contributed by atoms with Crippen LogP contribution in [0.1, 0.15) is 18.4 Å². The zero-order chi connectivity index (χ0) is 15.0. The van der Waals surface area contributed by atoms with Crippen molar-refractivity contribution in [2.45, 2.75) is 41.5 Å². The van der Waals surface area contributed by atoms with Crippen molar-refractivity contribution in [3.63, 3.8) is 0 Å². The number of benzene rings is 1. The molecule has 1 aromatic carbocycles. The molecule has 0 saturated heterocycles. The van der Waals surface area contributed by atoms with Gasteiger partial charge < -0.3 is 0 Å². The smallest absolute Gasteiger partial charge is 0.299 e. The van der Waals surface area contributed by atoms with E-state index in [1.54, 1.807) is 0 Å². The van der Waals surface area contributed by atoms with Gasteiger partial charge in [-0.2, -0.15) is 26.3 Å². The molecule has 0 unspecified atom stereocenters. The van der Waals surface area contributed by atoms with Gasteiger partial charge in [0.25, 0.3) is 0 Å². The van der Waals surface area contributed by atoms with E-state index in [1.165, 1.54) is 24.3 Å². The first-order valence-electron chi connectivity index (χ1n) is 5.78. The Kier molecular flexibility index (Phi) is 3.98. The predicted molar refractivity (Wildman–Crippen MR) is 63.2 cm³/mol. The molecule has 2 rings (SSSR count). The van der Waals surface area contributed by atoms with Crippen LogP contribution in [-0.4, -0.2) is 17.2 Å². The lowest BCUT2D eigenvalue weighted by Crippen LogP contribution is -2.44. The van der Waals surface area contributed by atoms with Crippen LogP contribution in [0.4, 0.5) is 26.3 Å². The second-order valence-corrected chi connectivity index (χ2v) is 5.76. The van der Waals surface area contributed by atoms with Crippen molar-refractivity contribution in [3.8, 4) is 0 Å². The SMILES string of the molecule is FC(F)(F)Sc1ccc(CNC2(C(F)(F)F)CC2)cc1. The minimum Gasteiger partial charge on any atom is -0.299 e. The van der Waals surface area contributed by atoms with E-state index in [1.807, 2.05) is 0 Å². The normalized spacial score (nSPS) is 18.1. The minimum atomic E-state index is -4.37. The molecular formula is C12H11F6NS. The largest absolute Gasteiger partial charge is 0.446 e. The molecule has 0 radical (unpaired) electrons. The Balaban J connectivity index is 1.92. The molecule has 20 heavy (non-hydrogen) atoms. The van der Waals surface area contributed by atoms with Crippen LogP contribution in [0.5, 0.6) is 0 Å². The van der Waals surface area contributed by atoms with Crippen molar-refractivity contribution in [2.24, 2.45) is 0 Å². The van der Waals surface area contributed by atoms with Gasteiger partial charge in [0, 0.05) is 11.4 Å². The molecule has 1 nitrogen and oxygen atoms in total. The second-order valence-electron chi connectivity index (χ2n) is 4.63. The van der Waals surface area contributed by atoms with Crippen LogP contribution in [0.2, 0.25) is 0 Å². The monoisotopic (exact) mass is 315 g/mol. The molecule has 1 aliphatic rings. The lowest BCUT2D eigenvalue weighted by atomic mass is 10.2. The summed E-state index contributed by atoms with van der Waals surface area (Å²) in [5, 5.41) is 2.44. The third-order valence-corrected chi connectivity index (χ3v) is 3.82. The molecule has 1 saturated carbocycles. The number of hydrogen-bond acceptors (Lipinski definition) is 2. The number of hydrogen-bond donors (Lipinski definition) is 1. The molecule has 1 N–H and O–H groups in total. The lowest BCUT2D eigenvalue weighted by molar-refractivity contribution is -0.166. The number of rotatable bonds is 4. The maximum absolute atomic E-state index is 12.7. The first-order chi connectivity index (χ1) is 9.11. The van der Waals surface area contributed by atoms with Gasteiger partial charge in [-0.15, -0.1) is 0 Å². The molecule has 1 aliphatic carbocycles. The molecule has 0 aromatic heterocycles. The highest BCUT2D eigenvalue weighted by atomic mass is 32.2. The lowest BCUT2D eigenvalue weighted by Gasteiger charge is -2.20. The third kappa shape index (κ3) is 3.82. The molecule has 0 bridgehead atoms. The Bertz CT molecular complexity index is 460. The van der Waals surface area contributed by atoms with Crippen LogP contribution < -0.4 is 5.32 Å². The maximum Gasteiger partial charge on any atom is 0.446 e. The van der Waals surface area contributed by atoms with Crippen LogP contribution in [0.25, 0.3) is 0 Å². The van der Waals surface area contributed by atoms with Gasteiger partial charge in [0.15, 0.2) is 0 Å². The third-order valence-electron chi connectivity index (χ3n) is 3.08. The fraction of sp³-hybridized carbons (Fsp3) is 0.500. The van der Waals surface area contributed by atoms with Gasteiger partial charge in [0.05, 0.1) is 0 Å². The summed E-state index contributed by atoms with van der Waals surface area (Å²) in [6, 6.07) is 5.30. The van der Waals surface area contributed by atoms with E-state index < -0.39 is 17.2 Å². The van der Waals surface area contributed by atoms with E-state index in [0.717, 1.165) is 0 Å². The Labute approximate surface area is 115 Å². The molecule has 0 aliphatic heterocycles. The summed E-state index contributed by atoms with van der Waals surface area (Å²) >= 11 is -0.251. The van der Waals surface area contributed by atoms with Crippen LogP contribution in [0.15, 0.2) is 29.2 Å². The Morgan fingerprint density at radius 1 is 1.00 bits per heavy atom. The van der Waals surface area contributed by atoms with Crippen molar-refractivity contribution >= 4 is 11.8 Å². The second kappa shape index (κ2) is 5.14. The highest BCUT2D eigenvalue weighted by Gasteiger charge is 2.62. The highest BCUT2D eigenvalue weighted by Crippen LogP contribution is 2.49. The molecule has 0 heterocycles. The number of nitrogens with one attached hydrogen (secondary N) is 1. The van der Waals surface area contributed by atoms with Gasteiger partial charge >= 0.3 is 11.7 Å². The summed E-state index contributed by atoms with van der Waals surface area (Å²) in [7, 11) is 0. The average Bonchev–Trinajstić information content (AvgIpc) is 3.06.